The number of carbonyl (C=O) groups excluding carboxylic acids is 1. The summed E-state index contributed by atoms with van der Waals surface area (Å²) in [5.74, 6) is -0.0866. The first-order valence-electron chi connectivity index (χ1n) is 6.82. The van der Waals surface area contributed by atoms with E-state index in [9.17, 15) is 4.79 Å². The maximum absolute atomic E-state index is 11.9. The van der Waals surface area contributed by atoms with Crippen LogP contribution in [0, 0.1) is 0 Å². The van der Waals surface area contributed by atoms with Gasteiger partial charge in [-0.1, -0.05) is 18.5 Å². The number of nitrogens with one attached hydrogen (secondary N) is 2. The Hall–Kier alpha value is -1.43. The smallest absolute Gasteiger partial charge is 0.238 e. The van der Waals surface area contributed by atoms with Gasteiger partial charge in [0.2, 0.25) is 5.91 Å². The summed E-state index contributed by atoms with van der Waals surface area (Å²) in [6.07, 6.45) is 2.88. The number of anilines is 1. The van der Waals surface area contributed by atoms with E-state index >= 15 is 0 Å². The minimum Gasteiger partial charge on any atom is -0.325 e. The minimum atomic E-state index is -0.0866. The van der Waals surface area contributed by atoms with Crippen LogP contribution in [0.5, 0.6) is 0 Å². The second-order valence-electron chi connectivity index (χ2n) is 4.68. The highest BCUT2D eigenvalue weighted by molar-refractivity contribution is 7.11. The van der Waals surface area contributed by atoms with Gasteiger partial charge in [-0.3, -0.25) is 10.1 Å². The van der Waals surface area contributed by atoms with E-state index in [4.69, 9.17) is 11.6 Å². The van der Waals surface area contributed by atoms with Crippen LogP contribution in [-0.4, -0.2) is 17.4 Å². The van der Waals surface area contributed by atoms with Crippen molar-refractivity contribution < 1.29 is 4.79 Å². The van der Waals surface area contributed by atoms with Crippen molar-refractivity contribution in [3.63, 3.8) is 0 Å². The van der Waals surface area contributed by atoms with Crippen molar-refractivity contribution in [1.29, 1.82) is 0 Å². The second kappa shape index (κ2) is 7.54. The van der Waals surface area contributed by atoms with Gasteiger partial charge in [0.05, 0.1) is 12.6 Å². The molecule has 4 nitrogen and oxygen atoms in total. The third-order valence-electron chi connectivity index (χ3n) is 2.99. The van der Waals surface area contributed by atoms with E-state index < -0.39 is 0 Å². The molecule has 0 aliphatic rings. The van der Waals surface area contributed by atoms with Crippen molar-refractivity contribution in [1.82, 2.24) is 10.3 Å². The quantitative estimate of drug-likeness (QED) is 0.853. The van der Waals surface area contributed by atoms with E-state index in [1.807, 2.05) is 13.1 Å². The zero-order chi connectivity index (χ0) is 15.2. The van der Waals surface area contributed by atoms with Crippen LogP contribution in [0.15, 0.2) is 30.5 Å². The summed E-state index contributed by atoms with van der Waals surface area (Å²) in [5, 5.41) is 7.65. The third kappa shape index (κ3) is 4.81. The SMILES string of the molecule is CCc1cnc(C(C)NCC(=O)Nc2ccc(Cl)cc2)s1. The van der Waals surface area contributed by atoms with E-state index in [0.717, 1.165) is 17.1 Å². The molecule has 1 amide bonds. The molecule has 21 heavy (non-hydrogen) atoms. The van der Waals surface area contributed by atoms with Crippen LogP contribution in [0.25, 0.3) is 0 Å². The molecule has 2 N–H and O–H groups in total. The molecular formula is C15H18ClN3OS. The summed E-state index contributed by atoms with van der Waals surface area (Å²) in [6, 6.07) is 7.10. The van der Waals surface area contributed by atoms with Gasteiger partial charge < -0.3 is 5.32 Å². The molecule has 0 saturated carbocycles. The number of thiazole rings is 1. The lowest BCUT2D eigenvalue weighted by molar-refractivity contribution is -0.115. The van der Waals surface area contributed by atoms with E-state index in [1.54, 1.807) is 35.6 Å². The van der Waals surface area contributed by atoms with Crippen LogP contribution in [0.2, 0.25) is 5.02 Å². The Morgan fingerprint density at radius 1 is 1.38 bits per heavy atom. The predicted molar refractivity (Wildman–Crippen MR) is 88.0 cm³/mol. The van der Waals surface area contributed by atoms with Gasteiger partial charge in [0, 0.05) is 21.8 Å². The molecular weight excluding hydrogens is 306 g/mol. The van der Waals surface area contributed by atoms with Gasteiger partial charge in [0.1, 0.15) is 5.01 Å². The number of aryl methyl sites for hydroxylation is 1. The Balaban J connectivity index is 1.81. The predicted octanol–water partition coefficient (Wildman–Crippen LogP) is 3.65. The van der Waals surface area contributed by atoms with E-state index in [2.05, 4.69) is 22.5 Å². The number of carbonyl (C=O) groups is 1. The number of hydrogen-bond donors (Lipinski definition) is 2. The lowest BCUT2D eigenvalue weighted by atomic mass is 10.3. The number of benzene rings is 1. The largest absolute Gasteiger partial charge is 0.325 e. The number of amides is 1. The average Bonchev–Trinajstić information content (AvgIpc) is 2.96. The minimum absolute atomic E-state index is 0.0614. The van der Waals surface area contributed by atoms with Gasteiger partial charge in [0.15, 0.2) is 0 Å². The number of rotatable bonds is 6. The van der Waals surface area contributed by atoms with Gasteiger partial charge in [-0.25, -0.2) is 4.98 Å². The molecule has 112 valence electrons. The van der Waals surface area contributed by atoms with E-state index in [0.29, 0.717) is 5.02 Å². The van der Waals surface area contributed by atoms with Crippen molar-refractivity contribution in [2.75, 3.05) is 11.9 Å². The number of halogens is 1. The summed E-state index contributed by atoms with van der Waals surface area (Å²) in [6.45, 7) is 4.35. The number of nitrogens with zero attached hydrogens (tertiary/aromatic N) is 1. The van der Waals surface area contributed by atoms with Gasteiger partial charge in [-0.05, 0) is 37.6 Å². The summed E-state index contributed by atoms with van der Waals surface area (Å²) in [7, 11) is 0. The highest BCUT2D eigenvalue weighted by Gasteiger charge is 2.11. The van der Waals surface area contributed by atoms with Crippen LogP contribution in [0.4, 0.5) is 5.69 Å². The Bertz CT molecular complexity index is 597. The topological polar surface area (TPSA) is 54.0 Å². The van der Waals surface area contributed by atoms with Crippen molar-refractivity contribution in [2.45, 2.75) is 26.3 Å². The Morgan fingerprint density at radius 3 is 2.71 bits per heavy atom. The molecule has 1 unspecified atom stereocenters. The van der Waals surface area contributed by atoms with Crippen molar-refractivity contribution in [3.8, 4) is 0 Å². The molecule has 1 atom stereocenters. The molecule has 0 aliphatic carbocycles. The lowest BCUT2D eigenvalue weighted by Gasteiger charge is -2.11. The number of aromatic nitrogens is 1. The fourth-order valence-electron chi connectivity index (χ4n) is 1.76. The van der Waals surface area contributed by atoms with Crippen LogP contribution in [-0.2, 0) is 11.2 Å². The van der Waals surface area contributed by atoms with Gasteiger partial charge in [-0.2, -0.15) is 0 Å². The van der Waals surface area contributed by atoms with Crippen molar-refractivity contribution in [3.05, 3.63) is 45.4 Å². The summed E-state index contributed by atoms with van der Waals surface area (Å²) >= 11 is 7.48. The fraction of sp³-hybridized carbons (Fsp3) is 0.333. The Kier molecular flexibility index (Phi) is 5.73. The first kappa shape index (κ1) is 15.9. The van der Waals surface area contributed by atoms with Crippen LogP contribution in [0.3, 0.4) is 0 Å². The third-order valence-corrected chi connectivity index (χ3v) is 4.56. The van der Waals surface area contributed by atoms with E-state index in [1.165, 1.54) is 4.88 Å². The fourth-order valence-corrected chi connectivity index (χ4v) is 2.77. The van der Waals surface area contributed by atoms with Gasteiger partial charge >= 0.3 is 0 Å². The highest BCUT2D eigenvalue weighted by Crippen LogP contribution is 2.20. The molecule has 1 heterocycles. The summed E-state index contributed by atoms with van der Waals surface area (Å²) in [4.78, 5) is 17.5. The molecule has 6 heteroatoms. The standard InChI is InChI=1S/C15H18ClN3OS/c1-3-13-8-18-15(21-13)10(2)17-9-14(20)19-12-6-4-11(16)5-7-12/h4-8,10,17H,3,9H2,1-2H3,(H,19,20). The van der Waals surface area contributed by atoms with Crippen molar-refractivity contribution in [2.24, 2.45) is 0 Å². The van der Waals surface area contributed by atoms with Crippen LogP contribution in [0.1, 0.15) is 29.8 Å². The first-order chi connectivity index (χ1) is 10.1. The molecule has 0 aliphatic heterocycles. The van der Waals surface area contributed by atoms with Gasteiger partial charge in [0.25, 0.3) is 0 Å². The molecule has 2 aromatic rings. The highest BCUT2D eigenvalue weighted by atomic mass is 35.5. The van der Waals surface area contributed by atoms with Crippen LogP contribution >= 0.6 is 22.9 Å². The maximum atomic E-state index is 11.9. The normalized spacial score (nSPS) is 12.1. The number of hydrogen-bond acceptors (Lipinski definition) is 4. The zero-order valence-corrected chi connectivity index (χ0v) is 13.6. The molecule has 1 aromatic heterocycles. The first-order valence-corrected chi connectivity index (χ1v) is 8.01. The summed E-state index contributed by atoms with van der Waals surface area (Å²) < 4.78 is 0. The van der Waals surface area contributed by atoms with Gasteiger partial charge in [-0.15, -0.1) is 11.3 Å². The lowest BCUT2D eigenvalue weighted by Crippen LogP contribution is -2.30. The molecule has 2 rings (SSSR count). The molecule has 0 spiro atoms. The average molecular weight is 324 g/mol. The monoisotopic (exact) mass is 323 g/mol. The summed E-state index contributed by atoms with van der Waals surface area (Å²) in [5.41, 5.74) is 0.737. The van der Waals surface area contributed by atoms with Crippen molar-refractivity contribution >= 4 is 34.5 Å². The molecule has 0 fully saturated rings. The molecule has 0 radical (unpaired) electrons. The van der Waals surface area contributed by atoms with E-state index in [-0.39, 0.29) is 18.5 Å². The molecule has 0 saturated heterocycles. The molecule has 1 aromatic carbocycles. The second-order valence-corrected chi connectivity index (χ2v) is 6.26. The Morgan fingerprint density at radius 2 is 2.10 bits per heavy atom. The molecule has 0 bridgehead atoms. The Labute approximate surface area is 133 Å². The maximum Gasteiger partial charge on any atom is 0.238 e. The zero-order valence-electron chi connectivity index (χ0n) is 12.0. The van der Waals surface area contributed by atoms with Crippen LogP contribution < -0.4 is 10.6 Å².